The highest BCUT2D eigenvalue weighted by Crippen LogP contribution is 2.30. The number of oxazole rings is 1. The molecule has 0 atom stereocenters. The monoisotopic (exact) mass is 438 g/mol. The fourth-order valence-corrected chi connectivity index (χ4v) is 3.87. The average molecular weight is 439 g/mol. The molecule has 0 aliphatic heterocycles. The number of amides is 2. The van der Waals surface area contributed by atoms with Crippen LogP contribution in [0.1, 0.15) is 18.6 Å². The van der Waals surface area contributed by atoms with Crippen molar-refractivity contribution in [1.82, 2.24) is 9.97 Å². The van der Waals surface area contributed by atoms with E-state index >= 15 is 0 Å². The molecule has 3 aromatic rings. The molecule has 3 rings (SSSR count). The molecule has 25 heavy (non-hydrogen) atoms. The minimum Gasteiger partial charge on any atom is -0.445 e. The van der Waals surface area contributed by atoms with Crippen LogP contribution in [0.25, 0.3) is 0 Å². The first-order chi connectivity index (χ1) is 12.1. The van der Waals surface area contributed by atoms with E-state index in [-0.39, 0.29) is 6.03 Å². The lowest BCUT2D eigenvalue weighted by molar-refractivity contribution is 0.262. The molecule has 0 unspecified atom stereocenters. The maximum atomic E-state index is 12.0. The zero-order valence-corrected chi connectivity index (χ0v) is 16.5. The predicted octanol–water partition coefficient (Wildman–Crippen LogP) is 5.39. The van der Waals surface area contributed by atoms with Gasteiger partial charge >= 0.3 is 6.03 Å². The molecule has 2 heterocycles. The lowest BCUT2D eigenvalue weighted by atomic mass is 10.3. The normalized spacial score (nSPS) is 10.6. The smallest absolute Gasteiger partial charge is 0.325 e. The lowest BCUT2D eigenvalue weighted by Crippen LogP contribution is -2.19. The molecular formula is C16H15BrN4O2S2. The van der Waals surface area contributed by atoms with Gasteiger partial charge < -0.3 is 9.73 Å². The summed E-state index contributed by atoms with van der Waals surface area (Å²) in [6.07, 6.45) is 4.32. The quantitative estimate of drug-likeness (QED) is 0.504. The van der Waals surface area contributed by atoms with Crippen LogP contribution in [0.15, 0.2) is 49.8 Å². The van der Waals surface area contributed by atoms with Crippen molar-refractivity contribution in [1.29, 1.82) is 0 Å². The van der Waals surface area contributed by atoms with Crippen LogP contribution in [0, 0.1) is 0 Å². The first-order valence-corrected chi connectivity index (χ1v) is 10.1. The number of nitrogens with one attached hydrogen (secondary N) is 2. The summed E-state index contributed by atoms with van der Waals surface area (Å²) in [5.41, 5.74) is 0.711. The van der Waals surface area contributed by atoms with E-state index in [0.29, 0.717) is 22.5 Å². The zero-order chi connectivity index (χ0) is 17.6. The Morgan fingerprint density at radius 3 is 2.76 bits per heavy atom. The number of carbonyl (C=O) groups is 1. The molecule has 6 nitrogen and oxygen atoms in total. The number of urea groups is 1. The molecule has 9 heteroatoms. The third-order valence-corrected chi connectivity index (χ3v) is 5.72. The van der Waals surface area contributed by atoms with Crippen molar-refractivity contribution in [3.8, 4) is 0 Å². The second-order valence-electron chi connectivity index (χ2n) is 4.93. The Kier molecular flexibility index (Phi) is 6.11. The number of benzene rings is 1. The highest BCUT2D eigenvalue weighted by Gasteiger charge is 2.09. The van der Waals surface area contributed by atoms with Crippen LogP contribution >= 0.6 is 39.0 Å². The van der Waals surface area contributed by atoms with E-state index in [9.17, 15) is 4.79 Å². The van der Waals surface area contributed by atoms with E-state index < -0.39 is 0 Å². The molecular weight excluding hydrogens is 424 g/mol. The van der Waals surface area contributed by atoms with Gasteiger partial charge in [-0.25, -0.2) is 14.8 Å². The maximum absolute atomic E-state index is 12.0. The molecule has 0 bridgehead atoms. The van der Waals surface area contributed by atoms with Gasteiger partial charge in [-0.05, 0) is 24.3 Å². The summed E-state index contributed by atoms with van der Waals surface area (Å²) in [6, 6.07) is 7.02. The van der Waals surface area contributed by atoms with Crippen LogP contribution in [0.3, 0.4) is 0 Å². The van der Waals surface area contributed by atoms with Crippen molar-refractivity contribution >= 4 is 55.9 Å². The van der Waals surface area contributed by atoms with Gasteiger partial charge in [-0.15, -0.1) is 11.8 Å². The molecule has 2 amide bonds. The zero-order valence-electron chi connectivity index (χ0n) is 13.3. The average Bonchev–Trinajstić information content (AvgIpc) is 3.24. The molecule has 0 saturated heterocycles. The van der Waals surface area contributed by atoms with Crippen LogP contribution in [-0.4, -0.2) is 16.0 Å². The third kappa shape index (κ3) is 5.32. The fourth-order valence-electron chi connectivity index (χ4n) is 1.89. The van der Waals surface area contributed by atoms with Crippen molar-refractivity contribution in [2.45, 2.75) is 23.3 Å². The van der Waals surface area contributed by atoms with Gasteiger partial charge in [0.15, 0.2) is 5.13 Å². The van der Waals surface area contributed by atoms with Crippen molar-refractivity contribution < 1.29 is 9.21 Å². The molecule has 2 N–H and O–H groups in total. The van der Waals surface area contributed by atoms with E-state index in [0.717, 1.165) is 20.9 Å². The number of rotatable bonds is 6. The molecule has 0 spiro atoms. The van der Waals surface area contributed by atoms with Crippen LogP contribution < -0.4 is 10.6 Å². The summed E-state index contributed by atoms with van der Waals surface area (Å²) in [7, 11) is 0. The number of thiazole rings is 1. The van der Waals surface area contributed by atoms with Gasteiger partial charge in [-0.1, -0.05) is 34.2 Å². The molecule has 0 radical (unpaired) electrons. The predicted molar refractivity (Wildman–Crippen MR) is 104 cm³/mol. The topological polar surface area (TPSA) is 80.0 Å². The van der Waals surface area contributed by atoms with Crippen LogP contribution in [0.5, 0.6) is 0 Å². The number of aryl methyl sites for hydroxylation is 1. The molecule has 2 aromatic heterocycles. The van der Waals surface area contributed by atoms with Gasteiger partial charge in [-0.2, -0.15) is 0 Å². The first-order valence-electron chi connectivity index (χ1n) is 7.48. The fraction of sp³-hybridized carbons (Fsp3) is 0.188. The minimum absolute atomic E-state index is 0.325. The number of anilines is 2. The van der Waals surface area contributed by atoms with Crippen molar-refractivity contribution in [2.75, 3.05) is 10.6 Å². The number of carbonyl (C=O) groups excluding carboxylic acids is 1. The summed E-state index contributed by atoms with van der Waals surface area (Å²) < 4.78 is 7.51. The summed E-state index contributed by atoms with van der Waals surface area (Å²) in [5, 5.41) is 6.03. The van der Waals surface area contributed by atoms with Crippen LogP contribution in [0.4, 0.5) is 15.6 Å². The highest BCUT2D eigenvalue weighted by molar-refractivity contribution is 9.10. The lowest BCUT2D eigenvalue weighted by Gasteiger charge is -2.05. The Hall–Kier alpha value is -1.84. The number of thioether (sulfide) groups is 1. The third-order valence-electron chi connectivity index (χ3n) is 3.09. The largest absolute Gasteiger partial charge is 0.445 e. The number of aromatic nitrogens is 2. The Labute approximate surface area is 161 Å². The van der Waals surface area contributed by atoms with E-state index in [1.54, 1.807) is 24.2 Å². The van der Waals surface area contributed by atoms with Crippen molar-refractivity contribution in [3.63, 3.8) is 0 Å². The summed E-state index contributed by atoms with van der Waals surface area (Å²) in [5.74, 6) is 2.21. The Bertz CT molecular complexity index is 848. The van der Waals surface area contributed by atoms with E-state index in [1.807, 2.05) is 31.2 Å². The first kappa shape index (κ1) is 18.0. The molecule has 0 fully saturated rings. The van der Waals surface area contributed by atoms with Gasteiger partial charge in [0.05, 0.1) is 22.4 Å². The highest BCUT2D eigenvalue weighted by atomic mass is 79.9. The van der Waals surface area contributed by atoms with Crippen molar-refractivity contribution in [3.05, 3.63) is 52.8 Å². The molecule has 0 aliphatic rings. The number of halogens is 1. The number of hydrogen-bond donors (Lipinski definition) is 2. The summed E-state index contributed by atoms with van der Waals surface area (Å²) in [6.45, 7) is 2.03. The summed E-state index contributed by atoms with van der Waals surface area (Å²) >= 11 is 6.34. The molecule has 0 aliphatic carbocycles. The molecule has 130 valence electrons. The van der Waals surface area contributed by atoms with Crippen LogP contribution in [0.2, 0.25) is 0 Å². The van der Waals surface area contributed by atoms with Gasteiger partial charge in [0.25, 0.3) is 0 Å². The summed E-state index contributed by atoms with van der Waals surface area (Å²) in [4.78, 5) is 20.4. The minimum atomic E-state index is -0.325. The Morgan fingerprint density at radius 2 is 2.04 bits per heavy atom. The molecule has 1 aromatic carbocycles. The van der Waals surface area contributed by atoms with E-state index in [2.05, 4.69) is 36.5 Å². The van der Waals surface area contributed by atoms with E-state index in [4.69, 9.17) is 4.42 Å². The second kappa shape index (κ2) is 8.50. The number of nitrogens with zero attached hydrogens (tertiary/aromatic N) is 2. The molecule has 0 saturated carbocycles. The Balaban J connectivity index is 1.50. The van der Waals surface area contributed by atoms with Crippen LogP contribution in [-0.2, 0) is 12.2 Å². The second-order valence-corrected chi connectivity index (χ2v) is 8.15. The van der Waals surface area contributed by atoms with E-state index in [1.165, 1.54) is 11.3 Å². The van der Waals surface area contributed by atoms with Gasteiger partial charge in [0.2, 0.25) is 5.89 Å². The van der Waals surface area contributed by atoms with Gasteiger partial charge in [0, 0.05) is 16.6 Å². The Morgan fingerprint density at radius 1 is 1.24 bits per heavy atom. The van der Waals surface area contributed by atoms with Crippen molar-refractivity contribution in [2.24, 2.45) is 0 Å². The standard InChI is InChI=1S/C16H15BrN4O2S2/c1-2-12-7-18-13(23-12)9-24-14-8-19-16(25-14)21-15(22)20-11-5-3-10(17)4-6-11/h3-8H,2,9H2,1H3,(H2,19,20,21,22). The SMILES string of the molecule is CCc1cnc(CSc2cnc(NC(=O)Nc3ccc(Br)cc3)s2)o1. The maximum Gasteiger partial charge on any atom is 0.325 e. The van der Waals surface area contributed by atoms with Gasteiger partial charge in [0.1, 0.15) is 5.76 Å². The van der Waals surface area contributed by atoms with Gasteiger partial charge in [-0.3, -0.25) is 5.32 Å². The number of hydrogen-bond acceptors (Lipinski definition) is 6.